The zero-order valence-electron chi connectivity index (χ0n) is 14.5. The topological polar surface area (TPSA) is 172 Å². The van der Waals surface area contributed by atoms with Crippen LogP contribution >= 0.6 is 11.6 Å². The minimum atomic E-state index is -0.660. The molecule has 0 atom stereocenters. The Kier molecular flexibility index (Phi) is 4.97. The first-order valence-electron chi connectivity index (χ1n) is 7.71. The van der Waals surface area contributed by atoms with Crippen molar-refractivity contribution in [3.63, 3.8) is 0 Å². The van der Waals surface area contributed by atoms with Gasteiger partial charge in [-0.15, -0.1) is 0 Å². The Balaban J connectivity index is 2.01. The largest absolute Gasteiger partial charge is 0.496 e. The third-order valence-electron chi connectivity index (χ3n) is 3.83. The molecule has 0 aliphatic heterocycles. The highest BCUT2D eigenvalue weighted by Crippen LogP contribution is 2.31. The van der Waals surface area contributed by atoms with Crippen molar-refractivity contribution in [1.29, 1.82) is 5.26 Å². The fourth-order valence-corrected chi connectivity index (χ4v) is 2.82. The maximum atomic E-state index is 10.9. The molecule has 3 rings (SSSR count). The third-order valence-corrected chi connectivity index (χ3v) is 4.10. The molecule has 2 heterocycles. The quantitative estimate of drug-likeness (QED) is 0.479. The number of methoxy groups -OCH3 is 1. The summed E-state index contributed by atoms with van der Waals surface area (Å²) < 4.78 is 6.73. The Morgan fingerprint density at radius 3 is 2.75 bits per heavy atom. The second-order valence-corrected chi connectivity index (χ2v) is 5.99. The van der Waals surface area contributed by atoms with Gasteiger partial charge in [0.1, 0.15) is 23.2 Å². The van der Waals surface area contributed by atoms with Crippen molar-refractivity contribution in [2.75, 3.05) is 18.6 Å². The minimum Gasteiger partial charge on any atom is -0.496 e. The molecule has 0 aliphatic rings. The van der Waals surface area contributed by atoms with E-state index in [4.69, 9.17) is 27.8 Å². The van der Waals surface area contributed by atoms with Crippen LogP contribution in [0.25, 0.3) is 11.3 Å². The van der Waals surface area contributed by atoms with E-state index in [0.29, 0.717) is 16.9 Å². The van der Waals surface area contributed by atoms with Gasteiger partial charge in [-0.05, 0) is 11.0 Å². The van der Waals surface area contributed by atoms with Crippen molar-refractivity contribution in [1.82, 2.24) is 19.7 Å². The number of nitrogens with zero attached hydrogens (tertiary/aromatic N) is 6. The average molecular weight is 401 g/mol. The molecule has 142 valence electrons. The molecule has 0 spiro atoms. The second kappa shape index (κ2) is 7.37. The minimum absolute atomic E-state index is 0.0217. The predicted molar refractivity (Wildman–Crippen MR) is 101 cm³/mol. The lowest BCUT2D eigenvalue weighted by Gasteiger charge is -2.11. The van der Waals surface area contributed by atoms with E-state index in [2.05, 4.69) is 15.1 Å². The van der Waals surface area contributed by atoms with Crippen LogP contribution in [-0.4, -0.2) is 31.8 Å². The van der Waals surface area contributed by atoms with Crippen LogP contribution in [0.3, 0.4) is 0 Å². The van der Waals surface area contributed by atoms with Gasteiger partial charge in [-0.25, -0.2) is 4.98 Å². The first-order valence-corrected chi connectivity index (χ1v) is 8.09. The molecule has 3 aromatic rings. The fraction of sp³-hybridized carbons (Fsp3) is 0.125. The van der Waals surface area contributed by atoms with Crippen molar-refractivity contribution in [2.24, 2.45) is 0 Å². The van der Waals surface area contributed by atoms with Crippen LogP contribution in [0.1, 0.15) is 11.1 Å². The monoisotopic (exact) mass is 400 g/mol. The molecular weight excluding hydrogens is 388 g/mol. The SMILES string of the molecule is COc1cc(-c2nc(N)nc(N)c2C#N)ccc1Cn1cc(Cl)c([N+](=O)[O-])n1. The van der Waals surface area contributed by atoms with E-state index < -0.39 is 10.7 Å². The summed E-state index contributed by atoms with van der Waals surface area (Å²) in [4.78, 5) is 18.1. The van der Waals surface area contributed by atoms with Gasteiger partial charge in [0.2, 0.25) is 5.95 Å². The molecule has 2 aromatic heterocycles. The van der Waals surface area contributed by atoms with Gasteiger partial charge in [0.25, 0.3) is 0 Å². The van der Waals surface area contributed by atoms with Crippen LogP contribution in [0.4, 0.5) is 17.6 Å². The van der Waals surface area contributed by atoms with Crippen LogP contribution in [0, 0.1) is 21.4 Å². The zero-order chi connectivity index (χ0) is 20.4. The number of anilines is 2. The molecule has 0 radical (unpaired) electrons. The standard InChI is InChI=1S/C16H13ClN8O3/c1-28-12-4-8(13-10(5-18)14(19)22-16(20)21-13)2-3-9(12)6-24-7-11(17)15(23-24)25(26)27/h2-4,7H,6H2,1H3,(H4,19,20,21,22). The number of aromatic nitrogens is 4. The van der Waals surface area contributed by atoms with Gasteiger partial charge in [0.05, 0.1) is 30.6 Å². The lowest BCUT2D eigenvalue weighted by Crippen LogP contribution is -2.06. The number of nitrogen functional groups attached to an aromatic ring is 2. The Labute approximate surface area is 163 Å². The van der Waals surface area contributed by atoms with Crippen molar-refractivity contribution in [3.8, 4) is 23.1 Å². The summed E-state index contributed by atoms with van der Waals surface area (Å²) in [5.41, 5.74) is 13.0. The highest BCUT2D eigenvalue weighted by atomic mass is 35.5. The Morgan fingerprint density at radius 2 is 2.14 bits per heavy atom. The highest BCUT2D eigenvalue weighted by molar-refractivity contribution is 6.32. The Hall–Kier alpha value is -3.91. The normalized spacial score (nSPS) is 10.5. The molecule has 0 amide bonds. The molecule has 0 aliphatic carbocycles. The second-order valence-electron chi connectivity index (χ2n) is 5.58. The molecule has 0 bridgehead atoms. The molecule has 0 saturated heterocycles. The number of hydrogen-bond acceptors (Lipinski definition) is 9. The summed E-state index contributed by atoms with van der Waals surface area (Å²) in [5.74, 6) is -0.0613. The first kappa shape index (κ1) is 18.9. The van der Waals surface area contributed by atoms with Crippen LogP contribution in [-0.2, 0) is 6.54 Å². The van der Waals surface area contributed by atoms with E-state index in [1.807, 2.05) is 6.07 Å². The Bertz CT molecular complexity index is 1120. The zero-order valence-corrected chi connectivity index (χ0v) is 15.2. The molecule has 0 saturated carbocycles. The van der Waals surface area contributed by atoms with Crippen LogP contribution in [0.2, 0.25) is 5.02 Å². The summed E-state index contributed by atoms with van der Waals surface area (Å²) in [6.07, 6.45) is 1.35. The average Bonchev–Trinajstić information content (AvgIpc) is 3.02. The number of rotatable bonds is 5. The molecular formula is C16H13ClN8O3. The van der Waals surface area contributed by atoms with Gasteiger partial charge < -0.3 is 26.3 Å². The number of ether oxygens (including phenoxy) is 1. The number of benzene rings is 1. The molecule has 4 N–H and O–H groups in total. The number of halogens is 1. The maximum absolute atomic E-state index is 10.9. The van der Waals surface area contributed by atoms with Gasteiger partial charge in [-0.3, -0.25) is 0 Å². The van der Waals surface area contributed by atoms with E-state index in [0.717, 1.165) is 0 Å². The van der Waals surface area contributed by atoms with Crippen molar-refractivity contribution < 1.29 is 9.66 Å². The molecule has 12 heteroatoms. The molecule has 0 unspecified atom stereocenters. The van der Waals surface area contributed by atoms with E-state index >= 15 is 0 Å². The van der Waals surface area contributed by atoms with E-state index in [1.165, 1.54) is 18.0 Å². The summed E-state index contributed by atoms with van der Waals surface area (Å²) in [5, 5.41) is 24.0. The summed E-state index contributed by atoms with van der Waals surface area (Å²) in [6, 6.07) is 7.02. The van der Waals surface area contributed by atoms with Gasteiger partial charge in [-0.2, -0.15) is 14.9 Å². The predicted octanol–water partition coefficient (Wildman–Crippen LogP) is 1.99. The van der Waals surface area contributed by atoms with Gasteiger partial charge >= 0.3 is 5.82 Å². The molecule has 0 fully saturated rings. The molecule has 28 heavy (non-hydrogen) atoms. The molecule has 1 aromatic carbocycles. The number of hydrogen-bond donors (Lipinski definition) is 2. The van der Waals surface area contributed by atoms with Gasteiger partial charge in [0, 0.05) is 11.1 Å². The van der Waals surface area contributed by atoms with Crippen molar-refractivity contribution in [2.45, 2.75) is 6.54 Å². The van der Waals surface area contributed by atoms with E-state index in [-0.39, 0.29) is 34.6 Å². The van der Waals surface area contributed by atoms with E-state index in [1.54, 1.807) is 18.2 Å². The van der Waals surface area contributed by atoms with Crippen LogP contribution < -0.4 is 16.2 Å². The van der Waals surface area contributed by atoms with Crippen LogP contribution in [0.15, 0.2) is 24.4 Å². The van der Waals surface area contributed by atoms with Gasteiger partial charge in [0.15, 0.2) is 5.02 Å². The fourth-order valence-electron chi connectivity index (χ4n) is 2.60. The number of nitrogens with two attached hydrogens (primary N) is 2. The lowest BCUT2D eigenvalue weighted by atomic mass is 10.0. The lowest BCUT2D eigenvalue weighted by molar-refractivity contribution is -0.389. The van der Waals surface area contributed by atoms with E-state index in [9.17, 15) is 15.4 Å². The summed E-state index contributed by atoms with van der Waals surface area (Å²) in [6.45, 7) is 0.177. The third kappa shape index (κ3) is 3.49. The highest BCUT2D eigenvalue weighted by Gasteiger charge is 2.20. The van der Waals surface area contributed by atoms with Crippen molar-refractivity contribution >= 4 is 29.2 Å². The summed E-state index contributed by atoms with van der Waals surface area (Å²) >= 11 is 5.82. The smallest absolute Gasteiger partial charge is 0.408 e. The van der Waals surface area contributed by atoms with Crippen molar-refractivity contribution in [3.05, 3.63) is 50.7 Å². The van der Waals surface area contributed by atoms with Gasteiger partial charge in [-0.1, -0.05) is 23.7 Å². The first-order chi connectivity index (χ1) is 13.3. The maximum Gasteiger partial charge on any atom is 0.408 e. The Morgan fingerprint density at radius 1 is 1.39 bits per heavy atom. The van der Waals surface area contributed by atoms with Crippen LogP contribution in [0.5, 0.6) is 5.75 Å². The number of nitro groups is 1. The molecule has 11 nitrogen and oxygen atoms in total. The summed E-state index contributed by atoms with van der Waals surface area (Å²) in [7, 11) is 1.47. The number of nitriles is 1.